The maximum absolute atomic E-state index is 13.0. The molecule has 10 heteroatoms. The van der Waals surface area contributed by atoms with Crippen molar-refractivity contribution in [3.8, 4) is 17.4 Å². The minimum atomic E-state index is -3.55. The Hall–Kier alpha value is -3.31. The van der Waals surface area contributed by atoms with Gasteiger partial charge in [-0.15, -0.1) is 11.3 Å². The Morgan fingerprint density at radius 1 is 1.07 bits per heavy atom. The average molecular weight is 610 g/mol. The van der Waals surface area contributed by atoms with Crippen LogP contribution in [0.5, 0.6) is 17.4 Å². The van der Waals surface area contributed by atoms with Gasteiger partial charge in [-0.2, -0.15) is 0 Å². The van der Waals surface area contributed by atoms with Crippen molar-refractivity contribution >= 4 is 37.7 Å². The maximum atomic E-state index is 13.0. The van der Waals surface area contributed by atoms with Gasteiger partial charge in [0.15, 0.2) is 17.4 Å². The minimum absolute atomic E-state index is 0.192. The Bertz CT molecular complexity index is 1660. The Labute approximate surface area is 252 Å². The van der Waals surface area contributed by atoms with E-state index in [1.165, 1.54) is 21.2 Å². The van der Waals surface area contributed by atoms with Gasteiger partial charge in [-0.3, -0.25) is 4.90 Å². The fourth-order valence-corrected chi connectivity index (χ4v) is 8.13. The van der Waals surface area contributed by atoms with Crippen LogP contribution in [0.2, 0.25) is 0 Å². The number of benzene rings is 2. The smallest absolute Gasteiger partial charge is 0.252 e. The lowest BCUT2D eigenvalue weighted by molar-refractivity contribution is 0.319. The van der Waals surface area contributed by atoms with Crippen LogP contribution in [-0.2, 0) is 10.0 Å². The Morgan fingerprint density at radius 3 is 2.55 bits per heavy atom. The number of methoxy groups -OCH3 is 2. The van der Waals surface area contributed by atoms with Crippen LogP contribution in [0.4, 0.5) is 0 Å². The van der Waals surface area contributed by atoms with E-state index in [1.54, 1.807) is 38.8 Å². The van der Waals surface area contributed by atoms with Crippen LogP contribution in [0, 0.1) is 0 Å². The molecule has 224 valence electrons. The molecule has 0 spiro atoms. The molecule has 0 bridgehead atoms. The molecule has 2 aromatic carbocycles. The first-order valence-electron chi connectivity index (χ1n) is 14.2. The van der Waals surface area contributed by atoms with Crippen molar-refractivity contribution in [2.45, 2.75) is 36.4 Å². The number of hydrogen-bond acceptors (Lipinski definition) is 7. The van der Waals surface area contributed by atoms with Gasteiger partial charge in [0.2, 0.25) is 0 Å². The molecule has 42 heavy (non-hydrogen) atoms. The van der Waals surface area contributed by atoms with Gasteiger partial charge in [0.05, 0.1) is 20.3 Å². The van der Waals surface area contributed by atoms with Gasteiger partial charge in [-0.05, 0) is 72.2 Å². The summed E-state index contributed by atoms with van der Waals surface area (Å²) in [5.74, 6) is 1.41. The van der Waals surface area contributed by atoms with Crippen molar-refractivity contribution in [2.75, 3.05) is 47.4 Å². The number of sulfonamides is 1. The predicted molar refractivity (Wildman–Crippen MR) is 169 cm³/mol. The Kier molecular flexibility index (Phi) is 9.27. The molecule has 2 aromatic heterocycles. The van der Waals surface area contributed by atoms with Crippen LogP contribution in [0.15, 0.2) is 70.4 Å². The largest absolute Gasteiger partial charge is 0.494 e. The molecule has 5 rings (SSSR count). The van der Waals surface area contributed by atoms with Crippen LogP contribution >= 0.6 is 11.3 Å². The minimum Gasteiger partial charge on any atom is -0.494 e. The van der Waals surface area contributed by atoms with Crippen LogP contribution in [-0.4, -0.2) is 74.7 Å². The first kappa shape index (κ1) is 30.2. The van der Waals surface area contributed by atoms with E-state index in [0.717, 1.165) is 48.0 Å². The van der Waals surface area contributed by atoms with E-state index in [4.69, 9.17) is 9.47 Å². The summed E-state index contributed by atoms with van der Waals surface area (Å²) in [6.45, 7) is 5.49. The topological polar surface area (TPSA) is 84.2 Å². The van der Waals surface area contributed by atoms with Crippen molar-refractivity contribution in [3.63, 3.8) is 0 Å². The predicted octanol–water partition coefficient (Wildman–Crippen LogP) is 6.22. The molecule has 0 amide bonds. The highest BCUT2D eigenvalue weighted by atomic mass is 32.2. The number of fused-ring (bicyclic) bond motifs is 1. The summed E-state index contributed by atoms with van der Waals surface area (Å²) in [7, 11) is 1.28. The fraction of sp³-hybridized carbons (Fsp3) is 0.375. The fourth-order valence-electron chi connectivity index (χ4n) is 5.72. The third-order valence-corrected chi connectivity index (χ3v) is 11.4. The zero-order valence-corrected chi connectivity index (χ0v) is 26.2. The van der Waals surface area contributed by atoms with E-state index in [-0.39, 0.29) is 11.9 Å². The zero-order chi connectivity index (χ0) is 29.9. The number of aromatic nitrogens is 1. The number of likely N-dealkylation sites (N-methyl/N-ethyl adjacent to an activating group) is 1. The highest BCUT2D eigenvalue weighted by Crippen LogP contribution is 2.40. The van der Waals surface area contributed by atoms with Gasteiger partial charge in [-0.25, -0.2) is 12.7 Å². The summed E-state index contributed by atoms with van der Waals surface area (Å²) in [6.07, 6.45) is 6.48. The molecule has 0 aliphatic carbocycles. The van der Waals surface area contributed by atoms with Gasteiger partial charge >= 0.3 is 0 Å². The summed E-state index contributed by atoms with van der Waals surface area (Å²) < 4.78 is 40.8. The lowest BCUT2D eigenvalue weighted by Gasteiger charge is -2.25. The van der Waals surface area contributed by atoms with Crippen LogP contribution in [0.1, 0.15) is 43.4 Å². The molecule has 1 aliphatic heterocycles. The second-order valence-electron chi connectivity index (χ2n) is 10.5. The van der Waals surface area contributed by atoms with Crippen LogP contribution < -0.4 is 9.47 Å². The van der Waals surface area contributed by atoms with E-state index in [9.17, 15) is 13.5 Å². The van der Waals surface area contributed by atoms with Crippen molar-refractivity contribution in [1.29, 1.82) is 0 Å². The number of thiophene rings is 1. The molecule has 0 saturated heterocycles. The number of nitrogens with zero attached hydrogens (tertiary/aromatic N) is 3. The monoisotopic (exact) mass is 609 g/mol. The lowest BCUT2D eigenvalue weighted by Crippen LogP contribution is -2.28. The van der Waals surface area contributed by atoms with Crippen LogP contribution in [0.3, 0.4) is 0 Å². The van der Waals surface area contributed by atoms with Gasteiger partial charge in [0.25, 0.3) is 10.0 Å². The molecule has 8 nitrogen and oxygen atoms in total. The van der Waals surface area contributed by atoms with Crippen molar-refractivity contribution in [3.05, 3.63) is 77.3 Å². The maximum Gasteiger partial charge on any atom is 0.252 e. The number of rotatable bonds is 12. The highest BCUT2D eigenvalue weighted by molar-refractivity contribution is 7.91. The third kappa shape index (κ3) is 5.94. The molecule has 0 fully saturated rings. The highest BCUT2D eigenvalue weighted by Gasteiger charge is 2.25. The zero-order valence-electron chi connectivity index (χ0n) is 24.6. The van der Waals surface area contributed by atoms with Gasteiger partial charge in [0, 0.05) is 43.7 Å². The molecule has 1 N–H and O–H groups in total. The molecular formula is C32H39N3O5S2. The van der Waals surface area contributed by atoms with Crippen molar-refractivity contribution < 1.29 is 23.0 Å². The quantitative estimate of drug-likeness (QED) is 0.205. The average Bonchev–Trinajstić information content (AvgIpc) is 3.68. The van der Waals surface area contributed by atoms with E-state index < -0.39 is 10.0 Å². The van der Waals surface area contributed by atoms with Gasteiger partial charge < -0.3 is 19.1 Å². The summed E-state index contributed by atoms with van der Waals surface area (Å²) >= 11 is 1.22. The van der Waals surface area contributed by atoms with Crippen molar-refractivity contribution in [2.24, 2.45) is 0 Å². The van der Waals surface area contributed by atoms with Gasteiger partial charge in [0.1, 0.15) is 4.21 Å². The van der Waals surface area contributed by atoms with Crippen molar-refractivity contribution in [1.82, 2.24) is 13.8 Å². The summed E-state index contributed by atoms with van der Waals surface area (Å²) in [6, 6.07) is 15.0. The lowest BCUT2D eigenvalue weighted by atomic mass is 9.96. The molecule has 3 heterocycles. The first-order chi connectivity index (χ1) is 20.3. The summed E-state index contributed by atoms with van der Waals surface area (Å²) in [5, 5.41) is 15.2. The first-order valence-corrected chi connectivity index (χ1v) is 16.6. The molecule has 1 atom stereocenters. The third-order valence-electron chi connectivity index (χ3n) is 8.18. The standard InChI is InChI=1S/C32H39N3O5S2/c1-5-34-18-15-23(16-19-34)25-9-6-10-26-27(25)22-35(32(26)36)28(24-13-14-29(39-3)30(21-24)40-4)11-7-17-33(2)42(37,38)31-12-8-20-41-31/h6,8-10,12-15,20-22,28,36H,5,7,11,16-19H2,1-4H3/t28-/m1/s1. The second kappa shape index (κ2) is 12.9. The Balaban J connectivity index is 1.50. The SMILES string of the molecule is CCN1CC=C(c2cccc3c(O)n([C@H](CCCN(C)S(=O)(=O)c4cccs4)c4ccc(OC)c(OC)c4)cc23)CC1. The molecule has 0 saturated carbocycles. The molecular weight excluding hydrogens is 571 g/mol. The van der Waals surface area contributed by atoms with Crippen LogP contribution in [0.25, 0.3) is 16.3 Å². The normalized spacial score (nSPS) is 15.2. The van der Waals surface area contributed by atoms with Gasteiger partial charge in [-0.1, -0.05) is 37.3 Å². The number of hydrogen-bond donors (Lipinski definition) is 1. The second-order valence-corrected chi connectivity index (χ2v) is 13.7. The molecule has 4 aromatic rings. The molecule has 0 unspecified atom stereocenters. The van der Waals surface area contributed by atoms with E-state index >= 15 is 0 Å². The summed E-state index contributed by atoms with van der Waals surface area (Å²) in [4.78, 5) is 2.41. The Morgan fingerprint density at radius 2 is 1.88 bits per heavy atom. The number of ether oxygens (including phenoxy) is 2. The number of aromatic hydroxyl groups is 1. The van der Waals surface area contributed by atoms with E-state index in [1.807, 2.05) is 41.1 Å². The molecule has 0 radical (unpaired) electrons. The van der Waals surface area contributed by atoms with E-state index in [0.29, 0.717) is 35.1 Å². The molecule has 1 aliphatic rings. The van der Waals surface area contributed by atoms with E-state index in [2.05, 4.69) is 24.0 Å². The summed E-state index contributed by atoms with van der Waals surface area (Å²) in [5.41, 5.74) is 3.37.